The quantitative estimate of drug-likeness (QED) is 0.0935. The van der Waals surface area contributed by atoms with E-state index in [9.17, 15) is 19.2 Å². The van der Waals surface area contributed by atoms with Crippen LogP contribution in [0.3, 0.4) is 0 Å². The minimum Gasteiger partial charge on any atom is -0.465 e. The third-order valence-electron chi connectivity index (χ3n) is 7.52. The second-order valence-electron chi connectivity index (χ2n) is 11.1. The zero-order valence-corrected chi connectivity index (χ0v) is 28.1. The summed E-state index contributed by atoms with van der Waals surface area (Å²) in [5, 5.41) is 9.09. The van der Waals surface area contributed by atoms with Gasteiger partial charge in [0.1, 0.15) is 10.7 Å². The number of nitrogens with zero attached hydrogens (tertiary/aromatic N) is 1. The van der Waals surface area contributed by atoms with Crippen molar-refractivity contribution < 1.29 is 23.9 Å². The number of thioether (sulfide) groups is 1. The van der Waals surface area contributed by atoms with Gasteiger partial charge in [0, 0.05) is 40.8 Å². The van der Waals surface area contributed by atoms with E-state index < -0.39 is 17.8 Å². The lowest BCUT2D eigenvalue weighted by Gasteiger charge is -2.14. The van der Waals surface area contributed by atoms with Crippen molar-refractivity contribution >= 4 is 69.2 Å². The van der Waals surface area contributed by atoms with Crippen molar-refractivity contribution in [3.63, 3.8) is 0 Å². The van der Waals surface area contributed by atoms with Gasteiger partial charge in [-0.3, -0.25) is 14.4 Å². The van der Waals surface area contributed by atoms with Gasteiger partial charge >= 0.3 is 5.97 Å². The van der Waals surface area contributed by atoms with Gasteiger partial charge in [-0.1, -0.05) is 36.4 Å². The third-order valence-corrected chi connectivity index (χ3v) is 9.73. The minimum absolute atomic E-state index is 0.0777. The van der Waals surface area contributed by atoms with E-state index in [1.54, 1.807) is 48.5 Å². The molecular formula is C36H36N4O5S2. The average molecular weight is 669 g/mol. The van der Waals surface area contributed by atoms with Gasteiger partial charge in [-0.05, 0) is 85.4 Å². The molecular weight excluding hydrogens is 633 g/mol. The van der Waals surface area contributed by atoms with Crippen LogP contribution < -0.4 is 20.9 Å². The number of thiophene rings is 1. The van der Waals surface area contributed by atoms with Crippen molar-refractivity contribution in [2.24, 2.45) is 0 Å². The van der Waals surface area contributed by atoms with Crippen molar-refractivity contribution in [3.8, 4) is 0 Å². The molecule has 3 amide bonds. The molecule has 1 aliphatic carbocycles. The minimum atomic E-state index is -0.497. The maximum absolute atomic E-state index is 13.5. The number of carbonyl (C=O) groups is 4. The van der Waals surface area contributed by atoms with Gasteiger partial charge in [-0.15, -0.1) is 23.1 Å². The number of fused-ring (bicyclic) bond motifs is 1. The van der Waals surface area contributed by atoms with Crippen molar-refractivity contribution in [1.82, 2.24) is 5.32 Å². The molecule has 0 saturated heterocycles. The average Bonchev–Trinajstić information content (AvgIpc) is 3.45. The molecule has 11 heteroatoms. The molecule has 9 nitrogen and oxygen atoms in total. The Balaban J connectivity index is 1.27. The molecule has 3 N–H and O–H groups in total. The van der Waals surface area contributed by atoms with E-state index in [2.05, 4.69) is 16.0 Å². The number of anilines is 3. The molecule has 1 heterocycles. The molecule has 1 aliphatic rings. The van der Waals surface area contributed by atoms with Crippen molar-refractivity contribution in [3.05, 3.63) is 112 Å². The van der Waals surface area contributed by atoms with Gasteiger partial charge in [0.2, 0.25) is 5.91 Å². The Labute approximate surface area is 282 Å². The van der Waals surface area contributed by atoms with Crippen LogP contribution in [0.5, 0.6) is 0 Å². The predicted molar refractivity (Wildman–Crippen MR) is 189 cm³/mol. The summed E-state index contributed by atoms with van der Waals surface area (Å²) in [6, 6.07) is 23.4. The molecule has 0 spiro atoms. The van der Waals surface area contributed by atoms with Crippen LogP contribution in [0.1, 0.15) is 49.6 Å². The topological polar surface area (TPSA) is 117 Å². The lowest BCUT2D eigenvalue weighted by atomic mass is 9.95. The smallest absolute Gasteiger partial charge is 0.341 e. The molecule has 1 aromatic heterocycles. The number of nitrogens with one attached hydrogen (secondary N) is 3. The lowest BCUT2D eigenvalue weighted by molar-refractivity contribution is -0.114. The van der Waals surface area contributed by atoms with E-state index in [-0.39, 0.29) is 17.4 Å². The first-order valence-electron chi connectivity index (χ1n) is 15.1. The first-order valence-corrected chi connectivity index (χ1v) is 16.9. The highest BCUT2D eigenvalue weighted by molar-refractivity contribution is 8.00. The number of hydrogen-bond donors (Lipinski definition) is 3. The fourth-order valence-electron chi connectivity index (χ4n) is 5.12. The van der Waals surface area contributed by atoms with Crippen molar-refractivity contribution in [2.75, 3.05) is 42.5 Å². The molecule has 0 bridgehead atoms. The Kier molecular flexibility index (Phi) is 11.1. The first-order chi connectivity index (χ1) is 22.7. The van der Waals surface area contributed by atoms with E-state index in [0.717, 1.165) is 52.3 Å². The van der Waals surface area contributed by atoms with Crippen LogP contribution in [0, 0.1) is 0 Å². The second kappa shape index (κ2) is 15.6. The standard InChI is InChI=1S/C36H36N4O5S2/c1-40(2)26-18-16-23(17-19-26)20-29(38-33(42)24-10-5-4-6-11-24)34(43)37-25-12-9-13-27(21-25)46-22-31(41)39-35-32(36(44)45-3)28-14-7-8-15-30(28)47-35/h4-6,9-13,16-21H,7-8,14-15,22H2,1-3H3,(H,37,43)(H,38,42)(H,39,41)/b29-20+. The summed E-state index contributed by atoms with van der Waals surface area (Å²) >= 11 is 2.75. The molecule has 47 heavy (non-hydrogen) atoms. The summed E-state index contributed by atoms with van der Waals surface area (Å²) in [4.78, 5) is 55.9. The molecule has 0 unspecified atom stereocenters. The second-order valence-corrected chi connectivity index (χ2v) is 13.2. The Morgan fingerprint density at radius 3 is 2.38 bits per heavy atom. The van der Waals surface area contributed by atoms with E-state index in [1.807, 2.05) is 55.4 Å². The Morgan fingerprint density at radius 2 is 1.66 bits per heavy atom. The largest absolute Gasteiger partial charge is 0.465 e. The lowest BCUT2D eigenvalue weighted by Crippen LogP contribution is -2.30. The van der Waals surface area contributed by atoms with Gasteiger partial charge in [0.25, 0.3) is 11.8 Å². The van der Waals surface area contributed by atoms with Crippen LogP contribution in [-0.4, -0.2) is 50.6 Å². The molecule has 0 fully saturated rings. The van der Waals surface area contributed by atoms with Crippen LogP contribution in [0.2, 0.25) is 0 Å². The molecule has 4 aromatic rings. The fraction of sp³-hybridized carbons (Fsp3) is 0.222. The number of esters is 1. The SMILES string of the molecule is COC(=O)c1c(NC(=O)CSc2cccc(NC(=O)/C(=C\c3ccc(N(C)C)cc3)NC(=O)c3ccccc3)c2)sc2c1CCCC2. The number of ether oxygens (including phenoxy) is 1. The number of hydrogen-bond acceptors (Lipinski definition) is 8. The summed E-state index contributed by atoms with van der Waals surface area (Å²) in [5.74, 6) is -1.49. The van der Waals surface area contributed by atoms with Crippen LogP contribution in [0.4, 0.5) is 16.4 Å². The zero-order valence-electron chi connectivity index (χ0n) is 26.4. The summed E-state index contributed by atoms with van der Waals surface area (Å²) in [6.07, 6.45) is 5.39. The van der Waals surface area contributed by atoms with Crippen molar-refractivity contribution in [1.29, 1.82) is 0 Å². The number of amides is 3. The first kappa shape index (κ1) is 33.5. The normalized spacial score (nSPS) is 12.4. The van der Waals surface area contributed by atoms with Crippen molar-refractivity contribution in [2.45, 2.75) is 30.6 Å². The summed E-state index contributed by atoms with van der Waals surface area (Å²) in [6.45, 7) is 0. The Bertz CT molecular complexity index is 1800. The molecule has 5 rings (SSSR count). The number of aryl methyl sites for hydroxylation is 1. The molecule has 0 saturated carbocycles. The molecule has 0 radical (unpaired) electrons. The van der Waals surface area contributed by atoms with E-state index in [4.69, 9.17) is 4.74 Å². The van der Waals surface area contributed by atoms with Crippen LogP contribution in [-0.2, 0) is 27.2 Å². The maximum atomic E-state index is 13.5. The van der Waals surface area contributed by atoms with Crippen LogP contribution in [0.15, 0.2) is 89.5 Å². The molecule has 0 atom stereocenters. The van der Waals surface area contributed by atoms with E-state index >= 15 is 0 Å². The van der Waals surface area contributed by atoms with Gasteiger partial charge in [-0.2, -0.15) is 0 Å². The number of methoxy groups -OCH3 is 1. The summed E-state index contributed by atoms with van der Waals surface area (Å²) < 4.78 is 5.01. The van der Waals surface area contributed by atoms with Crippen LogP contribution in [0.25, 0.3) is 6.08 Å². The Hall–Kier alpha value is -4.87. The zero-order chi connectivity index (χ0) is 33.3. The summed E-state index contributed by atoms with van der Waals surface area (Å²) in [7, 11) is 5.24. The predicted octanol–water partition coefficient (Wildman–Crippen LogP) is 6.62. The highest BCUT2D eigenvalue weighted by Gasteiger charge is 2.27. The fourth-order valence-corrected chi connectivity index (χ4v) is 7.17. The van der Waals surface area contributed by atoms with E-state index in [0.29, 0.717) is 21.8 Å². The molecule has 3 aromatic carbocycles. The highest BCUT2D eigenvalue weighted by Crippen LogP contribution is 2.38. The van der Waals surface area contributed by atoms with Gasteiger partial charge in [0.15, 0.2) is 0 Å². The highest BCUT2D eigenvalue weighted by atomic mass is 32.2. The number of carbonyl (C=O) groups excluding carboxylic acids is 4. The monoisotopic (exact) mass is 668 g/mol. The number of benzene rings is 3. The van der Waals surface area contributed by atoms with Crippen LogP contribution >= 0.6 is 23.1 Å². The molecule has 242 valence electrons. The van der Waals surface area contributed by atoms with Gasteiger partial charge in [0.05, 0.1) is 18.4 Å². The molecule has 0 aliphatic heterocycles. The third kappa shape index (κ3) is 8.69. The number of rotatable bonds is 11. The van der Waals surface area contributed by atoms with Gasteiger partial charge < -0.3 is 25.6 Å². The summed E-state index contributed by atoms with van der Waals surface area (Å²) in [5.41, 5.74) is 4.20. The maximum Gasteiger partial charge on any atom is 0.341 e. The Morgan fingerprint density at radius 1 is 0.915 bits per heavy atom. The van der Waals surface area contributed by atoms with Gasteiger partial charge in [-0.25, -0.2) is 4.79 Å². The van der Waals surface area contributed by atoms with E-state index in [1.165, 1.54) is 30.2 Å².